The van der Waals surface area contributed by atoms with Crippen LogP contribution < -0.4 is 5.56 Å². The highest BCUT2D eigenvalue weighted by atomic mass is 32.2. The van der Waals surface area contributed by atoms with Crippen LogP contribution in [0.3, 0.4) is 0 Å². The van der Waals surface area contributed by atoms with Crippen molar-refractivity contribution in [2.45, 2.75) is 11.6 Å². The van der Waals surface area contributed by atoms with Crippen LogP contribution in [0.25, 0.3) is 16.6 Å². The molecule has 1 fully saturated rings. The Morgan fingerprint density at radius 1 is 0.875 bits per heavy atom. The van der Waals surface area contributed by atoms with Gasteiger partial charge in [-0.05, 0) is 24.3 Å². The molecule has 4 aromatic rings. The first-order valence-electron chi connectivity index (χ1n) is 10.3. The third-order valence-corrected chi connectivity index (χ3v) is 7.50. The molecule has 0 aliphatic carbocycles. The minimum absolute atomic E-state index is 0.267. The van der Waals surface area contributed by atoms with Crippen LogP contribution in [0.2, 0.25) is 0 Å². The van der Waals surface area contributed by atoms with Crippen molar-refractivity contribution in [3.63, 3.8) is 0 Å². The Bertz CT molecular complexity index is 1390. The van der Waals surface area contributed by atoms with Gasteiger partial charge in [-0.2, -0.15) is 14.5 Å². The van der Waals surface area contributed by atoms with Crippen molar-refractivity contribution in [2.24, 2.45) is 0 Å². The average molecular weight is 451 g/mol. The van der Waals surface area contributed by atoms with Crippen molar-refractivity contribution in [3.05, 3.63) is 83.4 Å². The van der Waals surface area contributed by atoms with Crippen molar-refractivity contribution in [1.82, 2.24) is 28.8 Å². The van der Waals surface area contributed by atoms with Gasteiger partial charge in [-0.1, -0.05) is 36.4 Å². The van der Waals surface area contributed by atoms with Gasteiger partial charge in [0.05, 0.1) is 23.4 Å². The highest BCUT2D eigenvalue weighted by molar-refractivity contribution is 7.89. The van der Waals surface area contributed by atoms with Gasteiger partial charge >= 0.3 is 0 Å². The van der Waals surface area contributed by atoms with Gasteiger partial charge < -0.3 is 0 Å². The van der Waals surface area contributed by atoms with Gasteiger partial charge in [-0.25, -0.2) is 17.8 Å². The summed E-state index contributed by atoms with van der Waals surface area (Å²) in [7, 11) is -3.51. The standard InChI is InChI=1S/C22H22N6O3S/c29-22-21-18(16-27(24-21)19-7-3-1-4-8-19)15-23-28(22)17-25-11-13-26(14-12-25)32(30,31)20-9-5-2-6-10-20/h1-10,15-16H,11-14,17H2. The number of benzene rings is 2. The highest BCUT2D eigenvalue weighted by Gasteiger charge is 2.28. The van der Waals surface area contributed by atoms with Gasteiger partial charge in [0.1, 0.15) is 0 Å². The van der Waals surface area contributed by atoms with E-state index in [1.807, 2.05) is 35.2 Å². The first-order chi connectivity index (χ1) is 15.5. The number of piperazine rings is 1. The number of rotatable bonds is 5. The van der Waals surface area contributed by atoms with Gasteiger partial charge in [-0.3, -0.25) is 9.69 Å². The lowest BCUT2D eigenvalue weighted by Gasteiger charge is -2.33. The fraction of sp³-hybridized carbons (Fsp3) is 0.227. The zero-order valence-corrected chi connectivity index (χ0v) is 18.1. The van der Waals surface area contributed by atoms with E-state index in [9.17, 15) is 13.2 Å². The lowest BCUT2D eigenvalue weighted by molar-refractivity contribution is 0.143. The van der Waals surface area contributed by atoms with E-state index in [1.54, 1.807) is 47.4 Å². The molecule has 2 aromatic carbocycles. The van der Waals surface area contributed by atoms with Crippen molar-refractivity contribution in [2.75, 3.05) is 26.2 Å². The second-order valence-electron chi connectivity index (χ2n) is 7.64. The molecular weight excluding hydrogens is 428 g/mol. The molecule has 0 unspecified atom stereocenters. The van der Waals surface area contributed by atoms with Crippen molar-refractivity contribution in [3.8, 4) is 5.69 Å². The lowest BCUT2D eigenvalue weighted by atomic mass is 10.3. The first-order valence-corrected chi connectivity index (χ1v) is 11.7. The molecule has 164 valence electrons. The van der Waals surface area contributed by atoms with E-state index in [4.69, 9.17) is 0 Å². The molecule has 0 saturated carbocycles. The SMILES string of the molecule is O=c1c2nn(-c3ccccc3)cc2cnn1CN1CCN(S(=O)(=O)c2ccccc2)CC1. The van der Waals surface area contributed by atoms with E-state index in [1.165, 1.54) is 8.99 Å². The van der Waals surface area contributed by atoms with Gasteiger partial charge in [0.2, 0.25) is 10.0 Å². The molecule has 3 heterocycles. The minimum atomic E-state index is -3.51. The van der Waals surface area contributed by atoms with Crippen LogP contribution >= 0.6 is 0 Å². The molecule has 2 aromatic heterocycles. The zero-order valence-electron chi connectivity index (χ0n) is 17.3. The third-order valence-electron chi connectivity index (χ3n) is 5.58. The Morgan fingerprint density at radius 2 is 1.53 bits per heavy atom. The van der Waals surface area contributed by atoms with Crippen LogP contribution in [0.5, 0.6) is 0 Å². The number of nitrogens with zero attached hydrogens (tertiary/aromatic N) is 6. The van der Waals surface area contributed by atoms with Crippen LogP contribution in [-0.4, -0.2) is 63.4 Å². The maximum Gasteiger partial charge on any atom is 0.296 e. The lowest BCUT2D eigenvalue weighted by Crippen LogP contribution is -2.49. The number of hydrogen-bond donors (Lipinski definition) is 0. The van der Waals surface area contributed by atoms with Crippen molar-refractivity contribution < 1.29 is 8.42 Å². The van der Waals surface area contributed by atoms with Gasteiger partial charge in [0, 0.05) is 37.8 Å². The minimum Gasteiger partial charge on any atom is -0.282 e. The van der Waals surface area contributed by atoms with Crippen LogP contribution in [0.4, 0.5) is 0 Å². The zero-order chi connectivity index (χ0) is 22.1. The molecule has 0 amide bonds. The van der Waals surface area contributed by atoms with E-state index in [0.717, 1.165) is 5.69 Å². The topological polar surface area (TPSA) is 93.3 Å². The maximum atomic E-state index is 12.9. The van der Waals surface area contributed by atoms with E-state index < -0.39 is 10.0 Å². The van der Waals surface area contributed by atoms with E-state index in [-0.39, 0.29) is 12.2 Å². The summed E-state index contributed by atoms with van der Waals surface area (Å²) in [6, 6.07) is 18.0. The Hall–Kier alpha value is -3.34. The van der Waals surface area contributed by atoms with Crippen LogP contribution in [0, 0.1) is 0 Å². The molecule has 5 rings (SSSR count). The molecule has 9 nitrogen and oxygen atoms in total. The molecule has 1 aliphatic rings. The molecule has 0 radical (unpaired) electrons. The predicted octanol–water partition coefficient (Wildman–Crippen LogP) is 1.55. The fourth-order valence-electron chi connectivity index (χ4n) is 3.81. The number of aromatic nitrogens is 4. The van der Waals surface area contributed by atoms with Gasteiger partial charge in [0.25, 0.3) is 5.56 Å². The molecule has 10 heteroatoms. The largest absolute Gasteiger partial charge is 0.296 e. The molecule has 1 aliphatic heterocycles. The summed E-state index contributed by atoms with van der Waals surface area (Å²) in [5, 5.41) is 9.43. The first kappa shape index (κ1) is 20.6. The number of hydrogen-bond acceptors (Lipinski definition) is 6. The van der Waals surface area contributed by atoms with Gasteiger partial charge in [0.15, 0.2) is 5.52 Å². The number of para-hydroxylation sites is 1. The Labute approximate surface area is 185 Å². The summed E-state index contributed by atoms with van der Waals surface area (Å²) in [6.45, 7) is 2.02. The van der Waals surface area contributed by atoms with E-state index in [0.29, 0.717) is 42.0 Å². The second kappa shape index (κ2) is 8.30. The molecule has 0 bridgehead atoms. The maximum absolute atomic E-state index is 12.9. The second-order valence-corrected chi connectivity index (χ2v) is 9.58. The molecule has 0 atom stereocenters. The van der Waals surface area contributed by atoms with Gasteiger partial charge in [-0.15, -0.1) is 0 Å². The highest BCUT2D eigenvalue weighted by Crippen LogP contribution is 2.17. The summed E-state index contributed by atoms with van der Waals surface area (Å²) < 4.78 is 30.1. The van der Waals surface area contributed by atoms with Crippen LogP contribution in [0.15, 0.2) is 82.7 Å². The predicted molar refractivity (Wildman–Crippen MR) is 120 cm³/mol. The molecular formula is C22H22N6O3S. The summed E-state index contributed by atoms with van der Waals surface area (Å²) in [4.78, 5) is 15.3. The summed E-state index contributed by atoms with van der Waals surface area (Å²) >= 11 is 0. The number of sulfonamides is 1. The summed E-state index contributed by atoms with van der Waals surface area (Å²) in [5.41, 5.74) is 0.955. The van der Waals surface area contributed by atoms with E-state index in [2.05, 4.69) is 10.2 Å². The smallest absolute Gasteiger partial charge is 0.282 e. The summed E-state index contributed by atoms with van der Waals surface area (Å²) in [6.07, 6.45) is 3.43. The summed E-state index contributed by atoms with van der Waals surface area (Å²) in [5.74, 6) is 0. The third kappa shape index (κ3) is 3.83. The monoisotopic (exact) mass is 450 g/mol. The number of fused-ring (bicyclic) bond motifs is 1. The molecule has 0 N–H and O–H groups in total. The normalized spacial score (nSPS) is 15.9. The fourth-order valence-corrected chi connectivity index (χ4v) is 5.25. The Kier molecular flexibility index (Phi) is 5.33. The molecule has 0 spiro atoms. The quantitative estimate of drug-likeness (QED) is 0.458. The molecule has 32 heavy (non-hydrogen) atoms. The van der Waals surface area contributed by atoms with Crippen LogP contribution in [0.1, 0.15) is 0 Å². The van der Waals surface area contributed by atoms with Crippen LogP contribution in [-0.2, 0) is 16.7 Å². The average Bonchev–Trinajstić information content (AvgIpc) is 3.28. The molecule has 1 saturated heterocycles. The van der Waals surface area contributed by atoms with E-state index >= 15 is 0 Å². The Morgan fingerprint density at radius 3 is 2.22 bits per heavy atom. The Balaban J connectivity index is 1.31. The van der Waals surface area contributed by atoms with Crippen molar-refractivity contribution >= 4 is 20.9 Å². The van der Waals surface area contributed by atoms with Crippen molar-refractivity contribution in [1.29, 1.82) is 0 Å².